The van der Waals surface area contributed by atoms with Gasteiger partial charge in [-0.2, -0.15) is 0 Å². The van der Waals surface area contributed by atoms with Crippen LogP contribution in [0.4, 0.5) is 5.69 Å². The maximum atomic E-state index is 13.5. The van der Waals surface area contributed by atoms with E-state index >= 15 is 0 Å². The summed E-state index contributed by atoms with van der Waals surface area (Å²) < 4.78 is 41.9. The van der Waals surface area contributed by atoms with Crippen molar-refractivity contribution in [1.82, 2.24) is 4.72 Å². The molecule has 3 unspecified atom stereocenters. The molecule has 2 heterocycles. The summed E-state index contributed by atoms with van der Waals surface area (Å²) in [5.41, 5.74) is 8.34. The lowest BCUT2D eigenvalue weighted by Crippen LogP contribution is -2.55. The van der Waals surface area contributed by atoms with Crippen molar-refractivity contribution >= 4 is 39.1 Å². The summed E-state index contributed by atoms with van der Waals surface area (Å²) in [6.07, 6.45) is 6.75. The fourth-order valence-electron chi connectivity index (χ4n) is 8.50. The van der Waals surface area contributed by atoms with E-state index in [0.717, 1.165) is 62.0 Å². The molecule has 250 valence electrons. The zero-order valence-corrected chi connectivity index (χ0v) is 28.6. The van der Waals surface area contributed by atoms with Crippen molar-refractivity contribution in [2.24, 2.45) is 28.9 Å². The fraction of sp³-hybridized carbons (Fsp3) is 0.600. The first kappa shape index (κ1) is 33.1. The normalized spacial score (nSPS) is 32.6. The van der Waals surface area contributed by atoms with Crippen molar-refractivity contribution in [2.75, 3.05) is 25.1 Å². The molecule has 2 saturated carbocycles. The Hall–Kier alpha value is -2.82. The number of nitrogens with one attached hydrogen (secondary N) is 1. The summed E-state index contributed by atoms with van der Waals surface area (Å²) in [5, 5.41) is -0.101. The Bertz CT molecular complexity index is 1620. The minimum absolute atomic E-state index is 0.0447. The van der Waals surface area contributed by atoms with Gasteiger partial charge >= 0.3 is 0 Å². The molecule has 2 aliphatic heterocycles. The number of rotatable bonds is 3. The highest BCUT2D eigenvalue weighted by Crippen LogP contribution is 2.75. The molecule has 2 aromatic carbocycles. The summed E-state index contributed by atoms with van der Waals surface area (Å²) in [5.74, 6) is 0.0347. The third-order valence-corrected chi connectivity index (χ3v) is 13.7. The van der Waals surface area contributed by atoms with Crippen LogP contribution in [0.2, 0.25) is 5.02 Å². The van der Waals surface area contributed by atoms with Crippen LogP contribution >= 0.6 is 11.6 Å². The Labute approximate surface area is 277 Å². The number of anilines is 1. The Balaban J connectivity index is 1.43. The van der Waals surface area contributed by atoms with E-state index in [4.69, 9.17) is 26.8 Å². The van der Waals surface area contributed by atoms with Gasteiger partial charge in [0.1, 0.15) is 12.4 Å². The van der Waals surface area contributed by atoms with Gasteiger partial charge < -0.3 is 20.1 Å². The summed E-state index contributed by atoms with van der Waals surface area (Å²) in [6, 6.07) is 11.1. The van der Waals surface area contributed by atoms with Crippen molar-refractivity contribution in [1.29, 1.82) is 0 Å². The van der Waals surface area contributed by atoms with E-state index in [2.05, 4.69) is 9.62 Å². The first-order chi connectivity index (χ1) is 21.9. The van der Waals surface area contributed by atoms with Gasteiger partial charge in [-0.3, -0.25) is 9.59 Å². The number of halogens is 1. The number of carbonyl (C=O) groups is 2. The van der Waals surface area contributed by atoms with Crippen molar-refractivity contribution in [3.63, 3.8) is 0 Å². The highest BCUT2D eigenvalue weighted by Gasteiger charge is 2.72. The number of nitrogens with two attached hydrogens (primary N) is 1. The van der Waals surface area contributed by atoms with Crippen molar-refractivity contribution in [3.8, 4) is 5.75 Å². The largest absolute Gasteiger partial charge is 0.487 e. The molecule has 11 heteroatoms. The minimum atomic E-state index is -3.96. The van der Waals surface area contributed by atoms with Gasteiger partial charge in [-0.25, -0.2) is 13.1 Å². The predicted molar refractivity (Wildman–Crippen MR) is 178 cm³/mol. The number of sulfonamides is 1. The Morgan fingerprint density at radius 1 is 1.15 bits per heavy atom. The smallest absolute Gasteiger partial charge is 0.264 e. The van der Waals surface area contributed by atoms with Gasteiger partial charge in [0.2, 0.25) is 15.9 Å². The summed E-state index contributed by atoms with van der Waals surface area (Å²) >= 11 is 6.35. The molecule has 1 spiro atoms. The molecule has 6 atom stereocenters. The number of amides is 2. The number of benzene rings is 2. The molecular weight excluding hydrogens is 626 g/mol. The number of aryl methyl sites for hydroxylation is 1. The molecular formula is C35H46ClN3O6S. The number of hydrogen-bond donors (Lipinski definition) is 2. The van der Waals surface area contributed by atoms with Crippen LogP contribution in [0.1, 0.15) is 86.7 Å². The van der Waals surface area contributed by atoms with Crippen LogP contribution in [0.15, 0.2) is 36.4 Å². The standard InChI is InChI=1S/C35H46ClN3O6S/c1-22-7-6-13-35(44-3,19-32(37)40)31-17-27-18-34(27,31)21-39-14-5-4-8-24-15-28(36)11-9-26(24)20-45-30-12-10-25(16-29(30)39)33(41)38-46(42,43)23(22)2/h9-12,15-16,22-23,27,31H,4-8,13-14,17-21H2,1-3H3,(H2,37,40)(H,38,41)/t22-,23?,27?,31+,34?,35+/m0/s1. The van der Waals surface area contributed by atoms with Crippen LogP contribution in [-0.2, 0) is 32.6 Å². The molecule has 0 saturated heterocycles. The van der Waals surface area contributed by atoms with Crippen LogP contribution < -0.4 is 20.1 Å². The number of carbonyl (C=O) groups excluding carboxylic acids is 2. The number of hydrogen-bond acceptors (Lipinski definition) is 7. The zero-order valence-electron chi connectivity index (χ0n) is 27.0. The Morgan fingerprint density at radius 3 is 2.67 bits per heavy atom. The summed E-state index contributed by atoms with van der Waals surface area (Å²) in [7, 11) is -2.28. The van der Waals surface area contributed by atoms with E-state index in [-0.39, 0.29) is 35.1 Å². The number of nitrogens with zero attached hydrogens (tertiary/aromatic N) is 1. The van der Waals surface area contributed by atoms with E-state index in [1.165, 1.54) is 0 Å². The van der Waals surface area contributed by atoms with Gasteiger partial charge in [-0.05, 0) is 116 Å². The van der Waals surface area contributed by atoms with Gasteiger partial charge in [-0.1, -0.05) is 31.0 Å². The van der Waals surface area contributed by atoms with E-state index in [9.17, 15) is 18.0 Å². The monoisotopic (exact) mass is 671 g/mol. The second kappa shape index (κ2) is 12.7. The van der Waals surface area contributed by atoms with Gasteiger partial charge in [0.15, 0.2) is 0 Å². The highest BCUT2D eigenvalue weighted by molar-refractivity contribution is 7.90. The van der Waals surface area contributed by atoms with E-state index in [1.54, 1.807) is 32.2 Å². The SMILES string of the molecule is CO[C@@]1(CC(N)=O)CCC[C@H](C)C(C)S(=O)(=O)NC(=O)c2ccc3c(c2)N(CCCCc2cc(Cl)ccc2CO3)CC23CC2C[C@H]31. The van der Waals surface area contributed by atoms with Gasteiger partial charge in [0.25, 0.3) is 5.91 Å². The lowest BCUT2D eigenvalue weighted by atomic mass is 9.61. The van der Waals surface area contributed by atoms with E-state index in [1.807, 2.05) is 25.1 Å². The molecule has 3 N–H and O–H groups in total. The number of primary amides is 1. The quantitative estimate of drug-likeness (QED) is 0.434. The van der Waals surface area contributed by atoms with Crippen LogP contribution in [0.3, 0.4) is 0 Å². The zero-order chi connectivity index (χ0) is 32.9. The molecule has 0 radical (unpaired) electrons. The third-order valence-electron chi connectivity index (χ3n) is 11.5. The minimum Gasteiger partial charge on any atom is -0.487 e. The average Bonchev–Trinajstić information content (AvgIpc) is 3.57. The molecule has 9 nitrogen and oxygen atoms in total. The molecule has 2 amide bonds. The molecule has 2 aromatic rings. The predicted octanol–water partition coefficient (Wildman–Crippen LogP) is 5.62. The Kier molecular flexibility index (Phi) is 9.10. The topological polar surface area (TPSA) is 128 Å². The lowest BCUT2D eigenvalue weighted by Gasteiger charge is -2.51. The lowest BCUT2D eigenvalue weighted by molar-refractivity contribution is -0.144. The van der Waals surface area contributed by atoms with Gasteiger partial charge in [-0.15, -0.1) is 0 Å². The van der Waals surface area contributed by atoms with Crippen LogP contribution in [0.5, 0.6) is 5.75 Å². The second-order valence-corrected chi connectivity index (χ2v) is 16.6. The molecule has 2 fully saturated rings. The summed E-state index contributed by atoms with van der Waals surface area (Å²) in [4.78, 5) is 28.3. The van der Waals surface area contributed by atoms with Crippen LogP contribution in [-0.4, -0.2) is 51.3 Å². The van der Waals surface area contributed by atoms with Crippen molar-refractivity contribution < 1.29 is 27.5 Å². The number of methoxy groups -OCH3 is 1. The first-order valence-electron chi connectivity index (χ1n) is 16.6. The first-order valence-corrected chi connectivity index (χ1v) is 18.5. The molecule has 46 heavy (non-hydrogen) atoms. The highest BCUT2D eigenvalue weighted by atomic mass is 35.5. The molecule has 0 aromatic heterocycles. The molecule has 2 aliphatic carbocycles. The molecule has 6 rings (SSSR count). The molecule has 4 aliphatic rings. The second-order valence-electron chi connectivity index (χ2n) is 14.1. The number of fused-ring (bicyclic) bond motifs is 2. The Morgan fingerprint density at radius 2 is 1.96 bits per heavy atom. The van der Waals surface area contributed by atoms with Crippen LogP contribution in [0.25, 0.3) is 0 Å². The van der Waals surface area contributed by atoms with E-state index in [0.29, 0.717) is 42.6 Å². The number of ether oxygens (including phenoxy) is 2. The molecule has 2 bridgehead atoms. The van der Waals surface area contributed by atoms with Crippen molar-refractivity contribution in [3.05, 3.63) is 58.1 Å². The summed E-state index contributed by atoms with van der Waals surface area (Å²) in [6.45, 7) is 5.31. The fourth-order valence-corrected chi connectivity index (χ4v) is 10.0. The van der Waals surface area contributed by atoms with E-state index < -0.39 is 26.8 Å². The van der Waals surface area contributed by atoms with Gasteiger partial charge in [0, 0.05) is 30.8 Å². The van der Waals surface area contributed by atoms with Gasteiger partial charge in [0.05, 0.1) is 23.0 Å². The maximum Gasteiger partial charge on any atom is 0.264 e. The third kappa shape index (κ3) is 6.24. The van der Waals surface area contributed by atoms with Crippen molar-refractivity contribution in [2.45, 2.75) is 89.1 Å². The van der Waals surface area contributed by atoms with Crippen LogP contribution in [0, 0.1) is 23.2 Å². The average molecular weight is 672 g/mol. The maximum absolute atomic E-state index is 13.5.